The highest BCUT2D eigenvalue weighted by Gasteiger charge is 2.30. The third-order valence-electron chi connectivity index (χ3n) is 6.16. The first kappa shape index (κ1) is 19.1. The van der Waals surface area contributed by atoms with E-state index in [1.165, 1.54) is 12.1 Å². The van der Waals surface area contributed by atoms with Crippen LogP contribution in [0, 0.1) is 18.7 Å². The Labute approximate surface area is 164 Å². The Morgan fingerprint density at radius 2 is 2.00 bits per heavy atom. The Morgan fingerprint density at radius 3 is 2.71 bits per heavy atom. The van der Waals surface area contributed by atoms with Crippen LogP contribution in [-0.2, 0) is 0 Å². The summed E-state index contributed by atoms with van der Waals surface area (Å²) in [6.45, 7) is 3.81. The highest BCUT2D eigenvalue weighted by atomic mass is 19.1. The van der Waals surface area contributed by atoms with Crippen LogP contribution in [0.2, 0.25) is 0 Å². The molecule has 2 aromatic rings. The van der Waals surface area contributed by atoms with Crippen LogP contribution >= 0.6 is 0 Å². The zero-order valence-electron chi connectivity index (χ0n) is 16.3. The summed E-state index contributed by atoms with van der Waals surface area (Å²) in [5, 5.41) is 14.9. The molecule has 28 heavy (non-hydrogen) atoms. The predicted octanol–water partition coefficient (Wildman–Crippen LogP) is 3.31. The van der Waals surface area contributed by atoms with Crippen LogP contribution in [0.25, 0.3) is 0 Å². The zero-order valence-corrected chi connectivity index (χ0v) is 16.3. The number of hydrogen-bond donors (Lipinski definition) is 2. The van der Waals surface area contributed by atoms with Gasteiger partial charge in [-0.3, -0.25) is 4.79 Å². The fraction of sp³-hybridized carbons (Fsp3) is 0.571. The van der Waals surface area contributed by atoms with E-state index in [4.69, 9.17) is 0 Å². The molecule has 0 spiro atoms. The summed E-state index contributed by atoms with van der Waals surface area (Å²) in [6, 6.07) is 6.65. The van der Waals surface area contributed by atoms with Gasteiger partial charge in [0.05, 0.1) is 17.8 Å². The van der Waals surface area contributed by atoms with Crippen LogP contribution in [0.5, 0.6) is 0 Å². The molecular formula is C21H28FN5O. The molecule has 150 valence electrons. The maximum atomic E-state index is 13.8. The molecule has 0 radical (unpaired) electrons. The number of halogens is 1. The number of hydrogen-bond acceptors (Lipinski definition) is 4. The topological polar surface area (TPSA) is 71.8 Å². The van der Waals surface area contributed by atoms with E-state index in [1.54, 1.807) is 6.07 Å². The van der Waals surface area contributed by atoms with E-state index in [1.807, 2.05) is 17.7 Å². The van der Waals surface area contributed by atoms with Gasteiger partial charge < -0.3 is 10.6 Å². The minimum atomic E-state index is -0.275. The monoisotopic (exact) mass is 385 g/mol. The average molecular weight is 385 g/mol. The van der Waals surface area contributed by atoms with Crippen LogP contribution in [0.1, 0.15) is 72.4 Å². The molecule has 1 aliphatic heterocycles. The first-order chi connectivity index (χ1) is 13.6. The number of nitrogens with one attached hydrogen (secondary N) is 2. The molecular weight excluding hydrogens is 357 g/mol. The van der Waals surface area contributed by atoms with Crippen molar-refractivity contribution in [2.45, 2.75) is 57.5 Å². The van der Waals surface area contributed by atoms with Crippen molar-refractivity contribution in [3.05, 3.63) is 47.0 Å². The summed E-state index contributed by atoms with van der Waals surface area (Å²) >= 11 is 0. The zero-order chi connectivity index (χ0) is 19.5. The Bertz CT molecular complexity index is 824. The number of rotatable bonds is 5. The summed E-state index contributed by atoms with van der Waals surface area (Å²) in [5.41, 5.74) is 2.00. The first-order valence-corrected chi connectivity index (χ1v) is 10.3. The molecule has 1 aromatic heterocycles. The molecule has 1 atom stereocenters. The van der Waals surface area contributed by atoms with Crippen LogP contribution in [0.4, 0.5) is 4.39 Å². The van der Waals surface area contributed by atoms with Crippen LogP contribution in [-0.4, -0.2) is 34.0 Å². The quantitative estimate of drug-likeness (QED) is 0.828. The van der Waals surface area contributed by atoms with Crippen LogP contribution in [0.15, 0.2) is 24.3 Å². The number of carbonyl (C=O) groups is 1. The summed E-state index contributed by atoms with van der Waals surface area (Å²) in [6.07, 6.45) is 6.36. The molecule has 1 saturated carbocycles. The van der Waals surface area contributed by atoms with Gasteiger partial charge in [-0.15, -0.1) is 5.10 Å². The van der Waals surface area contributed by atoms with Gasteiger partial charge in [-0.1, -0.05) is 30.2 Å². The molecule has 2 N–H and O–H groups in total. The van der Waals surface area contributed by atoms with Crippen LogP contribution in [0.3, 0.4) is 0 Å². The summed E-state index contributed by atoms with van der Waals surface area (Å²) < 4.78 is 15.7. The number of carbonyl (C=O) groups excluding carboxylic acids is 1. The van der Waals surface area contributed by atoms with Gasteiger partial charge in [-0.25, -0.2) is 9.07 Å². The summed E-state index contributed by atoms with van der Waals surface area (Å²) in [5.74, 6) is -0.174. The van der Waals surface area contributed by atoms with E-state index in [2.05, 4.69) is 20.9 Å². The van der Waals surface area contributed by atoms with Gasteiger partial charge in [0, 0.05) is 0 Å². The standard InChI is InChI=1S/C21H28FN5O/c1-14-19(25-26-27(14)18-9-11-23-12-10-18)21(28)24-20(15-5-2-3-6-15)16-7-4-8-17(22)13-16/h4,7-8,13,15,18,20,23H,2-3,5-6,9-12H2,1H3,(H,24,28). The van der Waals surface area contributed by atoms with Crippen molar-refractivity contribution < 1.29 is 9.18 Å². The van der Waals surface area contributed by atoms with Gasteiger partial charge >= 0.3 is 0 Å². The second-order valence-electron chi connectivity index (χ2n) is 8.00. The number of aromatic nitrogens is 3. The van der Waals surface area contributed by atoms with Crippen LogP contribution < -0.4 is 10.6 Å². The van der Waals surface area contributed by atoms with Crippen molar-refractivity contribution >= 4 is 5.91 Å². The molecule has 1 amide bonds. The number of amides is 1. The fourth-order valence-corrected chi connectivity index (χ4v) is 4.62. The smallest absolute Gasteiger partial charge is 0.274 e. The van der Waals surface area contributed by atoms with E-state index < -0.39 is 0 Å². The van der Waals surface area contributed by atoms with Crippen molar-refractivity contribution in [1.29, 1.82) is 0 Å². The maximum absolute atomic E-state index is 13.8. The predicted molar refractivity (Wildman–Crippen MR) is 104 cm³/mol. The van der Waals surface area contributed by atoms with Gasteiger partial charge in [0.15, 0.2) is 5.69 Å². The van der Waals surface area contributed by atoms with E-state index in [0.717, 1.165) is 62.9 Å². The van der Waals surface area contributed by atoms with Gasteiger partial charge in [-0.2, -0.15) is 0 Å². The van der Waals surface area contributed by atoms with Crippen molar-refractivity contribution in [1.82, 2.24) is 25.6 Å². The third kappa shape index (κ3) is 3.94. The van der Waals surface area contributed by atoms with Crippen molar-refractivity contribution in [3.8, 4) is 0 Å². The largest absolute Gasteiger partial charge is 0.343 e. The molecule has 1 aromatic carbocycles. The highest BCUT2D eigenvalue weighted by Crippen LogP contribution is 2.36. The summed E-state index contributed by atoms with van der Waals surface area (Å²) in [4.78, 5) is 13.1. The lowest BCUT2D eigenvalue weighted by molar-refractivity contribution is 0.0915. The normalized spacial score (nSPS) is 19.6. The summed E-state index contributed by atoms with van der Waals surface area (Å²) in [7, 11) is 0. The second kappa shape index (κ2) is 8.39. The SMILES string of the molecule is Cc1c(C(=O)NC(c2cccc(F)c2)C2CCCC2)nnn1C1CCNCC1. The first-order valence-electron chi connectivity index (χ1n) is 10.3. The number of nitrogens with zero attached hydrogens (tertiary/aromatic N) is 3. The van der Waals surface area contributed by atoms with Gasteiger partial charge in [-0.05, 0) is 69.3 Å². The van der Waals surface area contributed by atoms with E-state index >= 15 is 0 Å². The second-order valence-corrected chi connectivity index (χ2v) is 8.00. The molecule has 7 heteroatoms. The number of benzene rings is 1. The third-order valence-corrected chi connectivity index (χ3v) is 6.16. The van der Waals surface area contributed by atoms with Gasteiger partial charge in [0.25, 0.3) is 5.91 Å². The lowest BCUT2D eigenvalue weighted by atomic mass is 9.91. The molecule has 1 saturated heterocycles. The van der Waals surface area contributed by atoms with Crippen molar-refractivity contribution in [2.24, 2.45) is 5.92 Å². The molecule has 4 rings (SSSR count). The Morgan fingerprint density at radius 1 is 1.25 bits per heavy atom. The molecule has 1 aliphatic carbocycles. The highest BCUT2D eigenvalue weighted by molar-refractivity contribution is 5.93. The van der Waals surface area contributed by atoms with E-state index in [9.17, 15) is 9.18 Å². The Hall–Kier alpha value is -2.28. The van der Waals surface area contributed by atoms with Crippen molar-refractivity contribution in [2.75, 3.05) is 13.1 Å². The lowest BCUT2D eigenvalue weighted by Gasteiger charge is -2.25. The maximum Gasteiger partial charge on any atom is 0.274 e. The number of piperidine rings is 1. The lowest BCUT2D eigenvalue weighted by Crippen LogP contribution is -2.33. The van der Waals surface area contributed by atoms with E-state index in [0.29, 0.717) is 11.6 Å². The minimum absolute atomic E-state index is 0.200. The Kier molecular flexibility index (Phi) is 5.71. The fourth-order valence-electron chi connectivity index (χ4n) is 4.62. The molecule has 2 heterocycles. The molecule has 2 aliphatic rings. The molecule has 6 nitrogen and oxygen atoms in total. The Balaban J connectivity index is 1.55. The van der Waals surface area contributed by atoms with Crippen molar-refractivity contribution in [3.63, 3.8) is 0 Å². The molecule has 1 unspecified atom stereocenters. The van der Waals surface area contributed by atoms with Gasteiger partial charge in [0.1, 0.15) is 5.82 Å². The molecule has 0 bridgehead atoms. The van der Waals surface area contributed by atoms with E-state index in [-0.39, 0.29) is 23.8 Å². The molecule has 2 fully saturated rings. The minimum Gasteiger partial charge on any atom is -0.343 e. The van der Waals surface area contributed by atoms with Gasteiger partial charge in [0.2, 0.25) is 0 Å². The average Bonchev–Trinajstić information content (AvgIpc) is 3.36.